The maximum absolute atomic E-state index is 8.12. The average Bonchev–Trinajstić information content (AvgIpc) is 2.51. The van der Waals surface area contributed by atoms with Gasteiger partial charge in [0.05, 0.1) is 39.3 Å². The maximum atomic E-state index is 8.12. The third-order valence-corrected chi connectivity index (χ3v) is 2.16. The smallest absolute Gasteiger partial charge is 0.0876 e. The van der Waals surface area contributed by atoms with Gasteiger partial charge in [-0.2, -0.15) is 0 Å². The van der Waals surface area contributed by atoms with Gasteiger partial charge in [0, 0.05) is 18.4 Å². The summed E-state index contributed by atoms with van der Waals surface area (Å²) in [6, 6.07) is 0. The van der Waals surface area contributed by atoms with Crippen LogP contribution in [0.15, 0.2) is 12.3 Å². The lowest BCUT2D eigenvalue weighted by molar-refractivity contribution is 0.103. The fourth-order valence-electron chi connectivity index (χ4n) is 1.01. The highest BCUT2D eigenvalue weighted by molar-refractivity contribution is 6.18. The molecular formula is C14H28Cl2O4. The maximum Gasteiger partial charge on any atom is 0.0876 e. The molecule has 0 spiro atoms. The number of alkyl halides is 2. The molecule has 0 aromatic rings. The van der Waals surface area contributed by atoms with Crippen LogP contribution in [0.4, 0.5) is 0 Å². The Morgan fingerprint density at radius 2 is 1.75 bits per heavy atom. The Morgan fingerprint density at radius 1 is 1.10 bits per heavy atom. The molecule has 0 aromatic heterocycles. The van der Waals surface area contributed by atoms with Crippen LogP contribution in [0.5, 0.6) is 0 Å². The van der Waals surface area contributed by atoms with Crippen molar-refractivity contribution in [2.45, 2.75) is 26.2 Å². The third kappa shape index (κ3) is 26.5. The van der Waals surface area contributed by atoms with Gasteiger partial charge in [0.2, 0.25) is 0 Å². The van der Waals surface area contributed by atoms with Crippen LogP contribution in [-0.4, -0.2) is 56.5 Å². The van der Waals surface area contributed by atoms with Gasteiger partial charge in [-0.1, -0.05) is 6.92 Å². The molecule has 1 aliphatic heterocycles. The van der Waals surface area contributed by atoms with Gasteiger partial charge < -0.3 is 19.3 Å². The summed E-state index contributed by atoms with van der Waals surface area (Å²) in [6.45, 7) is 5.53. The Labute approximate surface area is 133 Å². The van der Waals surface area contributed by atoms with Gasteiger partial charge in [-0.05, 0) is 25.3 Å². The van der Waals surface area contributed by atoms with Crippen molar-refractivity contribution in [1.82, 2.24) is 0 Å². The first-order chi connectivity index (χ1) is 9.83. The van der Waals surface area contributed by atoms with Crippen molar-refractivity contribution in [2.75, 3.05) is 51.4 Å². The summed E-state index contributed by atoms with van der Waals surface area (Å²) >= 11 is 10.5. The Bertz CT molecular complexity index is 155. The Kier molecular flexibility index (Phi) is 26.8. The highest BCUT2D eigenvalue weighted by atomic mass is 35.5. The molecule has 0 bridgehead atoms. The lowest BCUT2D eigenvalue weighted by Gasteiger charge is -2.01. The number of halogens is 2. The monoisotopic (exact) mass is 330 g/mol. The first kappa shape index (κ1) is 22.3. The lowest BCUT2D eigenvalue weighted by atomic mass is 10.3. The minimum absolute atomic E-state index is 0.0802. The van der Waals surface area contributed by atoms with E-state index in [2.05, 4.69) is 6.92 Å². The number of rotatable bonds is 8. The number of ether oxygens (including phenoxy) is 3. The summed E-state index contributed by atoms with van der Waals surface area (Å²) in [6.07, 6.45) is 7.28. The van der Waals surface area contributed by atoms with Crippen molar-refractivity contribution >= 4 is 23.2 Å². The summed E-state index contributed by atoms with van der Waals surface area (Å²) < 4.78 is 14.6. The molecular weight excluding hydrogens is 303 g/mol. The first-order valence-electron chi connectivity index (χ1n) is 6.98. The van der Waals surface area contributed by atoms with Gasteiger partial charge in [-0.15, -0.1) is 23.2 Å². The van der Waals surface area contributed by atoms with Gasteiger partial charge in [0.25, 0.3) is 0 Å². The van der Waals surface area contributed by atoms with E-state index >= 15 is 0 Å². The van der Waals surface area contributed by atoms with E-state index in [1.807, 2.05) is 6.08 Å². The molecule has 1 heterocycles. The summed E-state index contributed by atoms with van der Waals surface area (Å²) in [7, 11) is 0. The number of allylic oxidation sites excluding steroid dienone is 1. The van der Waals surface area contributed by atoms with Gasteiger partial charge in [0.15, 0.2) is 0 Å². The quantitative estimate of drug-likeness (QED) is 0.548. The molecule has 1 aliphatic rings. The molecule has 0 saturated heterocycles. The Balaban J connectivity index is 0. The van der Waals surface area contributed by atoms with Crippen LogP contribution in [0, 0.1) is 0 Å². The number of aliphatic hydroxyl groups excluding tert-OH is 1. The summed E-state index contributed by atoms with van der Waals surface area (Å²) in [5, 5.41) is 8.12. The predicted molar refractivity (Wildman–Crippen MR) is 84.8 cm³/mol. The zero-order chi connectivity index (χ0) is 15.3. The van der Waals surface area contributed by atoms with Gasteiger partial charge in [-0.3, -0.25) is 0 Å². The van der Waals surface area contributed by atoms with Gasteiger partial charge in [0.1, 0.15) is 0 Å². The highest BCUT2D eigenvalue weighted by Crippen LogP contribution is 1.97. The van der Waals surface area contributed by atoms with E-state index in [0.29, 0.717) is 31.6 Å². The molecule has 0 amide bonds. The molecule has 0 fully saturated rings. The molecule has 1 rings (SSSR count). The molecule has 0 radical (unpaired) electrons. The fourth-order valence-corrected chi connectivity index (χ4v) is 1.23. The second-order valence-electron chi connectivity index (χ2n) is 3.71. The van der Waals surface area contributed by atoms with Crippen LogP contribution in [0.1, 0.15) is 26.2 Å². The van der Waals surface area contributed by atoms with Crippen LogP contribution in [0.2, 0.25) is 0 Å². The molecule has 0 aliphatic carbocycles. The van der Waals surface area contributed by atoms with Crippen LogP contribution in [-0.2, 0) is 14.2 Å². The number of hydrogen-bond acceptors (Lipinski definition) is 4. The summed E-state index contributed by atoms with van der Waals surface area (Å²) in [5.74, 6) is 1.11. The van der Waals surface area contributed by atoms with E-state index in [4.69, 9.17) is 42.5 Å². The molecule has 20 heavy (non-hydrogen) atoms. The third-order valence-electron chi connectivity index (χ3n) is 1.85. The Morgan fingerprint density at radius 3 is 2.05 bits per heavy atom. The molecule has 6 heteroatoms. The lowest BCUT2D eigenvalue weighted by Crippen LogP contribution is -2.00. The van der Waals surface area contributed by atoms with Crippen LogP contribution < -0.4 is 0 Å². The van der Waals surface area contributed by atoms with Gasteiger partial charge in [-0.25, -0.2) is 0 Å². The topological polar surface area (TPSA) is 47.9 Å². The van der Waals surface area contributed by atoms with E-state index in [1.54, 1.807) is 6.26 Å². The van der Waals surface area contributed by atoms with Crippen molar-refractivity contribution in [3.05, 3.63) is 12.3 Å². The summed E-state index contributed by atoms with van der Waals surface area (Å²) in [5.41, 5.74) is 0. The van der Waals surface area contributed by atoms with E-state index in [0.717, 1.165) is 19.6 Å². The number of aliphatic hydroxyl groups is 1. The van der Waals surface area contributed by atoms with Crippen molar-refractivity contribution in [2.24, 2.45) is 0 Å². The minimum atomic E-state index is 0.0802. The molecule has 0 aromatic carbocycles. The van der Waals surface area contributed by atoms with E-state index in [1.165, 1.54) is 12.8 Å². The standard InChI is InChI=1S/C5H11ClO.C5H8O.C4H9ClO2/c1-2-4-7-5-3-6;1-2-4-6-5-3-1;5-1-3-7-4-2-6/h2-5H2,1H3;2,4H,1,3,5H2;6H,1-4H2. The molecule has 4 nitrogen and oxygen atoms in total. The van der Waals surface area contributed by atoms with Crippen molar-refractivity contribution in [3.63, 3.8) is 0 Å². The second-order valence-corrected chi connectivity index (χ2v) is 4.47. The zero-order valence-corrected chi connectivity index (χ0v) is 13.9. The normalized spacial score (nSPS) is 12.6. The summed E-state index contributed by atoms with van der Waals surface area (Å²) in [4.78, 5) is 0. The predicted octanol–water partition coefficient (Wildman–Crippen LogP) is 3.20. The fraction of sp³-hybridized carbons (Fsp3) is 0.857. The largest absolute Gasteiger partial charge is 0.502 e. The van der Waals surface area contributed by atoms with E-state index < -0.39 is 0 Å². The first-order valence-corrected chi connectivity index (χ1v) is 8.05. The molecule has 0 atom stereocenters. The van der Waals surface area contributed by atoms with E-state index in [-0.39, 0.29) is 6.61 Å². The van der Waals surface area contributed by atoms with Crippen molar-refractivity contribution in [1.29, 1.82) is 0 Å². The van der Waals surface area contributed by atoms with Crippen molar-refractivity contribution < 1.29 is 19.3 Å². The molecule has 0 saturated carbocycles. The second kappa shape index (κ2) is 24.0. The SMILES string of the molecule is C1=COCCC1.CCCOCCCl.OCCOCCCl. The minimum Gasteiger partial charge on any atom is -0.502 e. The van der Waals surface area contributed by atoms with Gasteiger partial charge >= 0.3 is 0 Å². The Hall–Kier alpha value is 0. The van der Waals surface area contributed by atoms with Crippen molar-refractivity contribution in [3.8, 4) is 0 Å². The highest BCUT2D eigenvalue weighted by Gasteiger charge is 1.86. The van der Waals surface area contributed by atoms with Crippen LogP contribution in [0.3, 0.4) is 0 Å². The molecule has 0 unspecified atom stereocenters. The molecule has 1 N–H and O–H groups in total. The molecule has 122 valence electrons. The van der Waals surface area contributed by atoms with E-state index in [9.17, 15) is 0 Å². The van der Waals surface area contributed by atoms with Crippen LogP contribution in [0.25, 0.3) is 0 Å². The zero-order valence-electron chi connectivity index (χ0n) is 12.4. The number of hydrogen-bond donors (Lipinski definition) is 1. The van der Waals surface area contributed by atoms with Crippen LogP contribution >= 0.6 is 23.2 Å². The average molecular weight is 331 g/mol.